The Morgan fingerprint density at radius 3 is 1.13 bits per heavy atom. The largest absolute Gasteiger partial charge is 0.508 e. The van der Waals surface area contributed by atoms with E-state index in [0.717, 1.165) is 74.7 Å². The van der Waals surface area contributed by atoms with Crippen LogP contribution < -0.4 is 9.47 Å². The Bertz CT molecular complexity index is 1640. The van der Waals surface area contributed by atoms with E-state index in [2.05, 4.69) is 65.8 Å². The number of phenols is 2. The van der Waals surface area contributed by atoms with Crippen molar-refractivity contribution in [1.29, 1.82) is 0 Å². The third-order valence-corrected chi connectivity index (χ3v) is 10.9. The number of unbranched alkanes of at least 4 members (excludes halogenated alkanes) is 2. The number of rotatable bonds is 26. The van der Waals surface area contributed by atoms with Gasteiger partial charge in [0.1, 0.15) is 60.6 Å². The fraction of sp³-hybridized carbons (Fsp3) is 0.520. The number of phenolic OH excluding ortho intramolecular Hbond substituents is 2. The minimum absolute atomic E-state index is 0.124. The first-order chi connectivity index (χ1) is 29.0. The van der Waals surface area contributed by atoms with Crippen molar-refractivity contribution in [3.63, 3.8) is 0 Å². The second-order valence-electron chi connectivity index (χ2n) is 16.7. The summed E-state index contributed by atoms with van der Waals surface area (Å²) < 4.78 is 46.3. The second kappa shape index (κ2) is 23.7. The molecule has 2 N–H and O–H groups in total. The van der Waals surface area contributed by atoms with Crippen molar-refractivity contribution in [2.75, 3.05) is 66.1 Å². The van der Waals surface area contributed by atoms with Crippen LogP contribution in [-0.4, -0.2) is 101 Å². The van der Waals surface area contributed by atoms with Crippen LogP contribution in [0.4, 0.5) is 0 Å². The smallest absolute Gasteiger partial charge is 0.119 e. The summed E-state index contributed by atoms with van der Waals surface area (Å²) in [5, 5.41) is 18.6. The zero-order valence-corrected chi connectivity index (χ0v) is 36.6. The maximum Gasteiger partial charge on any atom is 0.119 e. The van der Waals surface area contributed by atoms with Gasteiger partial charge in [0, 0.05) is 24.0 Å². The number of hydrogen-bond acceptors (Lipinski definition) is 10. The van der Waals surface area contributed by atoms with Crippen LogP contribution in [0.15, 0.2) is 97.1 Å². The maximum absolute atomic E-state index is 9.30. The van der Waals surface area contributed by atoms with Crippen molar-refractivity contribution in [3.05, 3.63) is 119 Å². The zero-order valence-electron chi connectivity index (χ0n) is 36.6. The highest BCUT2D eigenvalue weighted by atomic mass is 16.6. The van der Waals surface area contributed by atoms with Gasteiger partial charge in [-0.3, -0.25) is 0 Å². The molecular weight excluding hydrogens is 761 g/mol. The van der Waals surface area contributed by atoms with Crippen molar-refractivity contribution < 1.29 is 48.1 Å². The molecule has 4 aromatic rings. The van der Waals surface area contributed by atoms with Crippen molar-refractivity contribution in [2.45, 2.75) is 102 Å². The number of hydrogen-bond donors (Lipinski definition) is 2. The molecule has 0 amide bonds. The van der Waals surface area contributed by atoms with Crippen molar-refractivity contribution in [1.82, 2.24) is 0 Å². The van der Waals surface area contributed by atoms with E-state index in [0.29, 0.717) is 39.6 Å². The first-order valence-corrected chi connectivity index (χ1v) is 21.7. The molecule has 0 saturated carbocycles. The van der Waals surface area contributed by atoms with Crippen molar-refractivity contribution in [3.8, 4) is 23.0 Å². The van der Waals surface area contributed by atoms with Crippen LogP contribution >= 0.6 is 0 Å². The van der Waals surface area contributed by atoms with Crippen LogP contribution in [0.5, 0.6) is 23.0 Å². The van der Waals surface area contributed by atoms with Gasteiger partial charge in [0.2, 0.25) is 0 Å². The molecule has 4 aromatic carbocycles. The van der Waals surface area contributed by atoms with Gasteiger partial charge in [-0.05, 0) is 83.6 Å². The highest BCUT2D eigenvalue weighted by molar-refractivity contribution is 5.43. The average molecular weight is 829 g/mol. The average Bonchev–Trinajstić information content (AvgIpc) is 4.20. The molecular formula is C50H68O10. The molecule has 0 aromatic heterocycles. The summed E-state index contributed by atoms with van der Waals surface area (Å²) in [6, 6.07) is 31.1. The summed E-state index contributed by atoms with van der Waals surface area (Å²) in [4.78, 5) is 0. The van der Waals surface area contributed by atoms with E-state index in [4.69, 9.17) is 37.9 Å². The van der Waals surface area contributed by atoms with Gasteiger partial charge in [-0.15, -0.1) is 0 Å². The molecule has 4 atom stereocenters. The molecule has 328 valence electrons. The fourth-order valence-corrected chi connectivity index (χ4v) is 6.43. The zero-order chi connectivity index (χ0) is 42.8. The summed E-state index contributed by atoms with van der Waals surface area (Å²) in [7, 11) is 0. The maximum atomic E-state index is 9.30. The predicted molar refractivity (Wildman–Crippen MR) is 235 cm³/mol. The minimum atomic E-state index is -0.191. The Labute approximate surface area is 358 Å². The van der Waals surface area contributed by atoms with Crippen LogP contribution in [0.1, 0.15) is 89.5 Å². The van der Waals surface area contributed by atoms with E-state index < -0.39 is 0 Å². The number of benzene rings is 4. The molecule has 0 bridgehead atoms. The molecule has 2 saturated heterocycles. The van der Waals surface area contributed by atoms with E-state index in [1.54, 1.807) is 24.3 Å². The molecule has 2 heterocycles. The van der Waals surface area contributed by atoms with Gasteiger partial charge in [-0.25, -0.2) is 0 Å². The normalized spacial score (nSPS) is 17.0. The lowest BCUT2D eigenvalue weighted by Crippen LogP contribution is -2.29. The molecule has 2 fully saturated rings. The first-order valence-electron chi connectivity index (χ1n) is 21.7. The lowest BCUT2D eigenvalue weighted by atomic mass is 9.78. The van der Waals surface area contributed by atoms with Gasteiger partial charge in [0.05, 0.1) is 39.6 Å². The second-order valence-corrected chi connectivity index (χ2v) is 16.7. The summed E-state index contributed by atoms with van der Waals surface area (Å²) >= 11 is 0. The fourth-order valence-electron chi connectivity index (χ4n) is 6.43. The Morgan fingerprint density at radius 1 is 0.517 bits per heavy atom. The number of aromatic hydroxyl groups is 2. The lowest BCUT2D eigenvalue weighted by molar-refractivity contribution is -0.0417. The Balaban J connectivity index is 0.000000333. The van der Waals surface area contributed by atoms with E-state index in [9.17, 15) is 10.2 Å². The van der Waals surface area contributed by atoms with Crippen LogP contribution in [0.25, 0.3) is 0 Å². The third kappa shape index (κ3) is 15.7. The predicted octanol–water partition coefficient (Wildman–Crippen LogP) is 9.40. The van der Waals surface area contributed by atoms with E-state index in [1.807, 2.05) is 48.5 Å². The summed E-state index contributed by atoms with van der Waals surface area (Å²) in [6.45, 7) is 19.1. The van der Waals surface area contributed by atoms with Gasteiger partial charge >= 0.3 is 0 Å². The van der Waals surface area contributed by atoms with Crippen LogP contribution in [-0.2, 0) is 39.3 Å². The first kappa shape index (κ1) is 46.9. The van der Waals surface area contributed by atoms with E-state index in [1.165, 1.54) is 11.1 Å². The van der Waals surface area contributed by atoms with Gasteiger partial charge in [0.15, 0.2) is 0 Å². The minimum Gasteiger partial charge on any atom is -0.508 e. The third-order valence-electron chi connectivity index (χ3n) is 10.9. The summed E-state index contributed by atoms with van der Waals surface area (Å²) in [6.07, 6.45) is 4.50. The summed E-state index contributed by atoms with van der Waals surface area (Å²) in [5.41, 5.74) is 4.32. The molecule has 0 aliphatic carbocycles. The molecule has 60 heavy (non-hydrogen) atoms. The standard InChI is InChI=1S/C35H52O8.C15H16O2/c1-5-7-17-36-19-31(40-23-33-25-42-33)21-38-29-13-9-27(10-14-29)35(3,4)28-11-15-30(16-12-28)39-22-32(20-37-18-8-6-2)41-24-34-26-43-34;1-15(2,11-3-7-13(16)8-4-11)12-5-9-14(17)10-6-12/h9-16,31-34H,5-8,17-26H2,1-4H3;3-10,16-17H,1-2H3. The number of ether oxygens (including phenoxy) is 8. The topological polar surface area (TPSA) is 121 Å². The molecule has 2 aliphatic rings. The van der Waals surface area contributed by atoms with Gasteiger partial charge < -0.3 is 48.1 Å². The van der Waals surface area contributed by atoms with E-state index >= 15 is 0 Å². The highest BCUT2D eigenvalue weighted by Crippen LogP contribution is 2.34. The van der Waals surface area contributed by atoms with Gasteiger partial charge in [-0.2, -0.15) is 0 Å². The number of epoxide rings is 2. The lowest BCUT2D eigenvalue weighted by Gasteiger charge is -2.27. The SMILES string of the molecule is CC(C)(c1ccc(O)cc1)c1ccc(O)cc1.CCCCOCC(COc1ccc(C(C)(C)c2ccc(OCC(COCCCC)OCC3CO3)cc2)cc1)OCC1CO1. The summed E-state index contributed by atoms with van der Waals surface area (Å²) in [5.74, 6) is 2.18. The van der Waals surface area contributed by atoms with E-state index in [-0.39, 0.29) is 46.7 Å². The molecule has 10 heteroatoms. The molecule has 6 rings (SSSR count). The highest BCUT2D eigenvalue weighted by Gasteiger charge is 2.27. The van der Waals surface area contributed by atoms with Crippen LogP contribution in [0, 0.1) is 0 Å². The Morgan fingerprint density at radius 2 is 0.833 bits per heavy atom. The van der Waals surface area contributed by atoms with Crippen LogP contribution in [0.2, 0.25) is 0 Å². The molecule has 4 unspecified atom stereocenters. The van der Waals surface area contributed by atoms with Crippen molar-refractivity contribution >= 4 is 0 Å². The molecule has 0 spiro atoms. The van der Waals surface area contributed by atoms with Crippen molar-refractivity contribution in [2.24, 2.45) is 0 Å². The molecule has 10 nitrogen and oxygen atoms in total. The van der Waals surface area contributed by atoms with Gasteiger partial charge in [0.25, 0.3) is 0 Å². The Hall–Kier alpha value is -4.16. The quantitative estimate of drug-likeness (QED) is 0.0468. The molecule has 0 radical (unpaired) electrons. The van der Waals surface area contributed by atoms with Crippen LogP contribution in [0.3, 0.4) is 0 Å². The molecule has 2 aliphatic heterocycles. The van der Waals surface area contributed by atoms with Gasteiger partial charge in [-0.1, -0.05) is 103 Å². The Kier molecular flexibility index (Phi) is 18.6. The monoisotopic (exact) mass is 828 g/mol.